The Morgan fingerprint density at radius 3 is 2.71 bits per heavy atom. The lowest BCUT2D eigenvalue weighted by atomic mass is 10.2. The molecular weight excluding hydrogens is 400 g/mol. The first-order chi connectivity index (χ1) is 11.5. The van der Waals surface area contributed by atoms with Crippen molar-refractivity contribution in [2.45, 2.75) is 12.4 Å². The number of alkyl halides is 2. The van der Waals surface area contributed by atoms with Crippen LogP contribution in [0.3, 0.4) is 0 Å². The maximum absolute atomic E-state index is 12.4. The second-order valence-electron chi connectivity index (χ2n) is 4.52. The molecule has 0 aliphatic heterocycles. The molecule has 4 nitrogen and oxygen atoms in total. The molecule has 0 unspecified atom stereocenters. The molecule has 126 valence electrons. The van der Waals surface area contributed by atoms with Gasteiger partial charge in [-0.3, -0.25) is 0 Å². The van der Waals surface area contributed by atoms with Gasteiger partial charge in [-0.05, 0) is 23.8 Å². The summed E-state index contributed by atoms with van der Waals surface area (Å²) in [7, 11) is 0. The average Bonchev–Trinajstić information content (AvgIpc) is 2.56. The van der Waals surface area contributed by atoms with Gasteiger partial charge in [0.1, 0.15) is 5.75 Å². The molecule has 0 atom stereocenters. The van der Waals surface area contributed by atoms with Gasteiger partial charge in [-0.1, -0.05) is 58.0 Å². The molecule has 0 aromatic heterocycles. The summed E-state index contributed by atoms with van der Waals surface area (Å²) in [5, 5.41) is 7.97. The Labute approximate surface area is 150 Å². The molecule has 0 fully saturated rings. The van der Waals surface area contributed by atoms with Crippen molar-refractivity contribution in [1.82, 2.24) is 0 Å². The first kappa shape index (κ1) is 18.4. The summed E-state index contributed by atoms with van der Waals surface area (Å²) in [6.45, 7) is -2.91. The van der Waals surface area contributed by atoms with E-state index in [1.54, 1.807) is 12.1 Å². The van der Waals surface area contributed by atoms with Gasteiger partial charge in [-0.15, -0.1) is 5.10 Å². The number of benzene rings is 2. The third-order valence-corrected chi connectivity index (χ3v) is 4.12. The van der Waals surface area contributed by atoms with Crippen LogP contribution < -0.4 is 10.5 Å². The van der Waals surface area contributed by atoms with Gasteiger partial charge in [0.05, 0.1) is 6.21 Å². The first-order valence-electron chi connectivity index (χ1n) is 6.82. The van der Waals surface area contributed by atoms with Gasteiger partial charge < -0.3 is 10.5 Å². The highest BCUT2D eigenvalue weighted by Crippen LogP contribution is 2.23. The van der Waals surface area contributed by atoms with Crippen molar-refractivity contribution in [3.63, 3.8) is 0 Å². The van der Waals surface area contributed by atoms with Crippen LogP contribution in [0.15, 0.2) is 63.2 Å². The Kier molecular flexibility index (Phi) is 7.20. The van der Waals surface area contributed by atoms with Crippen LogP contribution in [0.2, 0.25) is 0 Å². The molecule has 0 aliphatic rings. The normalized spacial score (nSPS) is 12.1. The molecule has 0 bridgehead atoms. The van der Waals surface area contributed by atoms with E-state index in [0.717, 1.165) is 5.56 Å². The van der Waals surface area contributed by atoms with Crippen molar-refractivity contribution in [3.05, 3.63) is 64.1 Å². The van der Waals surface area contributed by atoms with E-state index in [-0.39, 0.29) is 10.9 Å². The van der Waals surface area contributed by atoms with E-state index < -0.39 is 6.61 Å². The highest BCUT2D eigenvalue weighted by atomic mass is 79.9. The van der Waals surface area contributed by atoms with E-state index >= 15 is 0 Å². The van der Waals surface area contributed by atoms with E-state index in [9.17, 15) is 8.78 Å². The molecule has 0 saturated carbocycles. The Bertz CT molecular complexity index is 727. The fourth-order valence-electron chi connectivity index (χ4n) is 1.73. The van der Waals surface area contributed by atoms with E-state index in [1.807, 2.05) is 30.3 Å². The van der Waals surface area contributed by atoms with E-state index in [1.165, 1.54) is 24.0 Å². The summed E-state index contributed by atoms with van der Waals surface area (Å²) in [6.07, 6.45) is 1.32. The zero-order valence-corrected chi connectivity index (χ0v) is 14.8. The lowest BCUT2D eigenvalue weighted by Gasteiger charge is -2.07. The summed E-state index contributed by atoms with van der Waals surface area (Å²) >= 11 is 4.60. The number of ether oxygens (including phenoxy) is 1. The van der Waals surface area contributed by atoms with Crippen molar-refractivity contribution in [2.75, 3.05) is 0 Å². The number of nitrogens with two attached hydrogens (primary N) is 1. The van der Waals surface area contributed by atoms with Gasteiger partial charge in [0.15, 0.2) is 5.17 Å². The molecular formula is C16H14BrF2N3OS. The molecule has 2 aromatic carbocycles. The quantitative estimate of drug-likeness (QED) is 0.426. The monoisotopic (exact) mass is 413 g/mol. The Hall–Kier alpha value is -1.93. The molecule has 2 N–H and O–H groups in total. The van der Waals surface area contributed by atoms with Gasteiger partial charge in [0.2, 0.25) is 0 Å². The van der Waals surface area contributed by atoms with Crippen molar-refractivity contribution < 1.29 is 13.5 Å². The van der Waals surface area contributed by atoms with Crippen molar-refractivity contribution in [1.29, 1.82) is 0 Å². The van der Waals surface area contributed by atoms with Crippen molar-refractivity contribution in [2.24, 2.45) is 15.9 Å². The molecule has 0 radical (unpaired) electrons. The van der Waals surface area contributed by atoms with E-state index in [0.29, 0.717) is 15.8 Å². The van der Waals surface area contributed by atoms with Crippen molar-refractivity contribution in [3.8, 4) is 5.75 Å². The van der Waals surface area contributed by atoms with Gasteiger partial charge >= 0.3 is 6.61 Å². The number of thioether (sulfide) groups is 1. The van der Waals surface area contributed by atoms with Crippen LogP contribution in [0.25, 0.3) is 0 Å². The molecule has 0 spiro atoms. The number of rotatable bonds is 6. The smallest absolute Gasteiger partial charge is 0.387 e. The van der Waals surface area contributed by atoms with Crippen LogP contribution in [0, 0.1) is 0 Å². The average molecular weight is 414 g/mol. The molecule has 2 rings (SSSR count). The number of halogens is 3. The topological polar surface area (TPSA) is 60.0 Å². The summed E-state index contributed by atoms with van der Waals surface area (Å²) in [5.41, 5.74) is 7.26. The van der Waals surface area contributed by atoms with Crippen molar-refractivity contribution >= 4 is 39.1 Å². The van der Waals surface area contributed by atoms with Crippen LogP contribution in [-0.2, 0) is 5.75 Å². The van der Waals surface area contributed by atoms with Crippen LogP contribution in [-0.4, -0.2) is 18.0 Å². The second-order valence-corrected chi connectivity index (χ2v) is 6.43. The predicted molar refractivity (Wildman–Crippen MR) is 97.7 cm³/mol. The predicted octanol–water partition coefficient (Wildman–Crippen LogP) is 4.63. The summed E-state index contributed by atoms with van der Waals surface area (Å²) in [5.74, 6) is 0.685. The van der Waals surface area contributed by atoms with Gasteiger partial charge in [-0.2, -0.15) is 13.9 Å². The molecule has 24 heavy (non-hydrogen) atoms. The Morgan fingerprint density at radius 1 is 1.25 bits per heavy atom. The van der Waals surface area contributed by atoms with Gasteiger partial charge in [0, 0.05) is 15.8 Å². The Morgan fingerprint density at radius 2 is 2.00 bits per heavy atom. The second kappa shape index (κ2) is 9.39. The highest BCUT2D eigenvalue weighted by molar-refractivity contribution is 9.10. The lowest BCUT2D eigenvalue weighted by molar-refractivity contribution is -0.0499. The molecule has 2 aromatic rings. The summed E-state index contributed by atoms with van der Waals surface area (Å²) < 4.78 is 29.9. The molecule has 0 heterocycles. The van der Waals surface area contributed by atoms with Crippen LogP contribution in [0.1, 0.15) is 11.1 Å². The number of hydrogen-bond acceptors (Lipinski definition) is 4. The number of nitrogens with zero attached hydrogens (tertiary/aromatic N) is 2. The molecule has 0 saturated heterocycles. The van der Waals surface area contributed by atoms with E-state index in [2.05, 4.69) is 30.9 Å². The third kappa shape index (κ3) is 6.29. The molecule has 0 amide bonds. The molecule has 0 aliphatic carbocycles. The largest absolute Gasteiger partial charge is 0.434 e. The number of hydrogen-bond donors (Lipinski definition) is 1. The van der Waals surface area contributed by atoms with E-state index in [4.69, 9.17) is 5.73 Å². The zero-order chi connectivity index (χ0) is 17.4. The fourth-order valence-corrected chi connectivity index (χ4v) is 2.72. The van der Waals surface area contributed by atoms with Crippen LogP contribution in [0.4, 0.5) is 8.78 Å². The maximum Gasteiger partial charge on any atom is 0.387 e. The standard InChI is InChI=1S/C16H14BrF2N3OS/c17-13-6-7-14(23-15(18)19)12(8-13)9-21-22-16(20)24-10-11-4-2-1-3-5-11/h1-9,15H,10H2,(H2,20,22). The maximum atomic E-state index is 12.4. The first-order valence-corrected chi connectivity index (χ1v) is 8.60. The van der Waals surface area contributed by atoms with Crippen LogP contribution in [0.5, 0.6) is 5.75 Å². The minimum absolute atomic E-state index is 0.0164. The SMILES string of the molecule is NC(=NN=Cc1cc(Br)ccc1OC(F)F)SCc1ccccc1. The summed E-state index contributed by atoms with van der Waals surface area (Å²) in [4.78, 5) is 0. The Balaban J connectivity index is 2.00. The van der Waals surface area contributed by atoms with Gasteiger partial charge in [0.25, 0.3) is 0 Å². The van der Waals surface area contributed by atoms with Gasteiger partial charge in [-0.25, -0.2) is 0 Å². The minimum Gasteiger partial charge on any atom is -0.434 e. The lowest BCUT2D eigenvalue weighted by Crippen LogP contribution is -2.06. The minimum atomic E-state index is -2.91. The fraction of sp³-hybridized carbons (Fsp3) is 0.125. The molecule has 8 heteroatoms. The zero-order valence-electron chi connectivity index (χ0n) is 12.4. The van der Waals surface area contributed by atoms with Crippen LogP contribution >= 0.6 is 27.7 Å². The summed E-state index contributed by atoms with van der Waals surface area (Å²) in [6, 6.07) is 14.4. The third-order valence-electron chi connectivity index (χ3n) is 2.77. The highest BCUT2D eigenvalue weighted by Gasteiger charge is 2.08. The number of amidine groups is 1.